The van der Waals surface area contributed by atoms with Crippen LogP contribution in [-0.4, -0.2) is 73.4 Å². The number of amides is 2. The molecule has 1 saturated carbocycles. The number of likely N-dealkylation sites (tertiary alicyclic amines) is 1. The largest absolute Gasteiger partial charge is 0.477 e. The topological polar surface area (TPSA) is 124 Å². The molecule has 2 fully saturated rings. The molecule has 0 bridgehead atoms. The second-order valence-electron chi connectivity index (χ2n) is 14.7. The van der Waals surface area contributed by atoms with Crippen LogP contribution in [0.15, 0.2) is 47.6 Å². The van der Waals surface area contributed by atoms with Crippen LogP contribution in [0.4, 0.5) is 19.4 Å². The number of alkyl halides is 2. The van der Waals surface area contributed by atoms with Gasteiger partial charge in [0.15, 0.2) is 5.82 Å². The molecule has 1 unspecified atom stereocenters. The molecule has 50 heavy (non-hydrogen) atoms. The molecule has 3 aromatic rings. The van der Waals surface area contributed by atoms with Gasteiger partial charge in [0, 0.05) is 42.7 Å². The minimum absolute atomic E-state index is 0.00900. The number of nitrogens with one attached hydrogen (secondary N) is 2. The van der Waals surface area contributed by atoms with E-state index in [9.17, 15) is 9.59 Å². The Balaban J connectivity index is 1.09. The number of halogens is 3. The molecule has 1 aliphatic carbocycles. The molecule has 0 radical (unpaired) electrons. The van der Waals surface area contributed by atoms with E-state index in [2.05, 4.69) is 25.1 Å². The second-order valence-corrected chi connectivity index (χ2v) is 15.9. The highest BCUT2D eigenvalue weighted by molar-refractivity contribution is 7.97. The minimum Gasteiger partial charge on any atom is -0.477 e. The van der Waals surface area contributed by atoms with Crippen LogP contribution in [0, 0.1) is 11.8 Å². The molecule has 1 atom stereocenters. The van der Waals surface area contributed by atoms with Crippen molar-refractivity contribution in [3.05, 3.63) is 53.3 Å². The number of anilines is 1. The predicted molar refractivity (Wildman–Crippen MR) is 189 cm³/mol. The highest BCUT2D eigenvalue weighted by atomic mass is 35.5. The fraction of sp³-hybridized carbons (Fsp3) is 0.571. The van der Waals surface area contributed by atoms with E-state index in [0.717, 1.165) is 24.3 Å². The Morgan fingerprint density at radius 2 is 1.84 bits per heavy atom. The molecule has 2 aliphatic rings. The Kier molecular flexibility index (Phi) is 11.8. The number of aromatic nitrogens is 4. The monoisotopic (exact) mass is 733 g/mol. The molecule has 1 aliphatic heterocycles. The molecular weight excluding hydrogens is 688 g/mol. The molecule has 5 rings (SSSR count). The van der Waals surface area contributed by atoms with Gasteiger partial charge in [0.2, 0.25) is 5.88 Å². The van der Waals surface area contributed by atoms with E-state index in [1.165, 1.54) is 30.4 Å². The number of pyridine rings is 2. The summed E-state index contributed by atoms with van der Waals surface area (Å²) in [5.74, 6) is -2.06. The molecule has 2 N–H and O–H groups in total. The maximum Gasteiger partial charge on any atom is 0.410 e. The number of nitrogens with zero attached hydrogens (tertiary/aromatic N) is 5. The van der Waals surface area contributed by atoms with Crippen molar-refractivity contribution in [2.45, 2.75) is 102 Å². The molecule has 0 spiro atoms. The van der Waals surface area contributed by atoms with Gasteiger partial charge in [-0.15, -0.1) is 5.10 Å². The number of rotatable bonds is 13. The molecule has 2 amide bonds. The first-order valence-electron chi connectivity index (χ1n) is 17.0. The lowest BCUT2D eigenvalue weighted by atomic mass is 9.92. The predicted octanol–water partition coefficient (Wildman–Crippen LogP) is 8.18. The van der Waals surface area contributed by atoms with Crippen molar-refractivity contribution in [1.29, 1.82) is 0 Å². The van der Waals surface area contributed by atoms with E-state index in [0.29, 0.717) is 29.8 Å². The lowest BCUT2D eigenvalue weighted by Gasteiger charge is -2.33. The van der Waals surface area contributed by atoms with E-state index in [1.807, 2.05) is 13.8 Å². The van der Waals surface area contributed by atoms with E-state index < -0.39 is 47.9 Å². The smallest absolute Gasteiger partial charge is 0.410 e. The molecule has 11 nitrogen and oxygen atoms in total. The number of ether oxygens (including phenoxy) is 2. The second kappa shape index (κ2) is 15.7. The normalized spacial score (nSPS) is 17.9. The van der Waals surface area contributed by atoms with E-state index >= 15 is 8.78 Å². The van der Waals surface area contributed by atoms with Crippen molar-refractivity contribution >= 4 is 41.4 Å². The molecular formula is C35H46ClF2N7O4S. The van der Waals surface area contributed by atoms with Crippen LogP contribution in [-0.2, 0) is 4.74 Å². The van der Waals surface area contributed by atoms with Crippen molar-refractivity contribution in [1.82, 2.24) is 29.4 Å². The van der Waals surface area contributed by atoms with Crippen LogP contribution in [0.2, 0.25) is 5.15 Å². The summed E-state index contributed by atoms with van der Waals surface area (Å²) in [6.07, 6.45) is 7.41. The molecule has 1 saturated heterocycles. The van der Waals surface area contributed by atoms with Gasteiger partial charge in [-0.05, 0) is 83.6 Å². The number of hydrogen-bond acceptors (Lipinski definition) is 9. The molecule has 0 aromatic carbocycles. The van der Waals surface area contributed by atoms with Gasteiger partial charge in [0.1, 0.15) is 21.6 Å². The van der Waals surface area contributed by atoms with Crippen LogP contribution < -0.4 is 14.8 Å². The first-order chi connectivity index (χ1) is 23.6. The summed E-state index contributed by atoms with van der Waals surface area (Å²) in [6, 6.07) is 9.82. The summed E-state index contributed by atoms with van der Waals surface area (Å²) in [5, 5.41) is 7.51. The Hall–Kier alpha value is -3.65. The standard InChI is InChI=1S/C35H46ClF2N7O4S/c1-33(2,3)49-32(47)44-21-24(19-34(44,4)5)20-35(37,38)22-39-26-11-8-12-29(40-26)50-43-31(46)25-13-14-27(41-30(25)36)45-17-15-28(42-45)48-18-16-23-9-6-7-10-23/h8,11-15,17,23-24H,6-7,9-10,16,18-22H2,1-5H3,(H,39,40)(H,43,46). The summed E-state index contributed by atoms with van der Waals surface area (Å²) in [5.41, 5.74) is -1.12. The fourth-order valence-corrected chi connectivity index (χ4v) is 7.30. The molecule has 4 heterocycles. The van der Waals surface area contributed by atoms with Gasteiger partial charge in [-0.3, -0.25) is 9.52 Å². The molecule has 272 valence electrons. The number of carbonyl (C=O) groups is 2. The van der Waals surface area contributed by atoms with Gasteiger partial charge in [-0.25, -0.2) is 28.2 Å². The Morgan fingerprint density at radius 3 is 2.56 bits per heavy atom. The quantitative estimate of drug-likeness (QED) is 0.132. The zero-order valence-corrected chi connectivity index (χ0v) is 30.8. The van der Waals surface area contributed by atoms with Crippen LogP contribution in [0.1, 0.15) is 89.9 Å². The van der Waals surface area contributed by atoms with Crippen LogP contribution in [0.3, 0.4) is 0 Å². The Bertz CT molecular complexity index is 1640. The zero-order chi connectivity index (χ0) is 36.1. The third-order valence-corrected chi connectivity index (χ3v) is 9.80. The van der Waals surface area contributed by atoms with Crippen LogP contribution in [0.25, 0.3) is 5.82 Å². The lowest BCUT2D eigenvalue weighted by Crippen LogP contribution is -2.45. The van der Waals surface area contributed by atoms with Crippen molar-refractivity contribution in [3.8, 4) is 11.7 Å². The van der Waals surface area contributed by atoms with Crippen LogP contribution in [0.5, 0.6) is 5.88 Å². The fourth-order valence-electron chi connectivity index (χ4n) is 6.46. The summed E-state index contributed by atoms with van der Waals surface area (Å²) in [4.78, 5) is 35.9. The third-order valence-electron chi connectivity index (χ3n) is 8.79. The van der Waals surface area contributed by atoms with Gasteiger partial charge in [0.05, 0.1) is 18.7 Å². The SMILES string of the molecule is CC(C)(C)OC(=O)N1CC(CC(F)(F)CNc2cccc(SNC(=O)c3ccc(-n4ccc(OCCC5CCCC5)n4)nc3Cl)n2)CC1(C)C. The van der Waals surface area contributed by atoms with Gasteiger partial charge in [0.25, 0.3) is 11.8 Å². The van der Waals surface area contributed by atoms with Crippen molar-refractivity contribution in [3.63, 3.8) is 0 Å². The van der Waals surface area contributed by atoms with Gasteiger partial charge in [-0.1, -0.05) is 43.4 Å². The average Bonchev–Trinajstić information content (AvgIpc) is 3.79. The number of carbonyl (C=O) groups excluding carboxylic acids is 2. The zero-order valence-electron chi connectivity index (χ0n) is 29.2. The van der Waals surface area contributed by atoms with Crippen molar-refractivity contribution in [2.75, 3.05) is 25.0 Å². The summed E-state index contributed by atoms with van der Waals surface area (Å²) in [6.45, 7) is 9.23. The van der Waals surface area contributed by atoms with Gasteiger partial charge >= 0.3 is 6.09 Å². The summed E-state index contributed by atoms with van der Waals surface area (Å²) in [7, 11) is 0. The minimum atomic E-state index is -3.06. The van der Waals surface area contributed by atoms with Crippen molar-refractivity contribution < 1.29 is 27.8 Å². The summed E-state index contributed by atoms with van der Waals surface area (Å²) < 4.78 is 45.7. The highest BCUT2D eigenvalue weighted by Crippen LogP contribution is 2.39. The van der Waals surface area contributed by atoms with E-state index in [-0.39, 0.29) is 23.1 Å². The maximum absolute atomic E-state index is 15.1. The Morgan fingerprint density at radius 1 is 1.08 bits per heavy atom. The average molecular weight is 734 g/mol. The third kappa shape index (κ3) is 10.4. The van der Waals surface area contributed by atoms with E-state index in [1.54, 1.807) is 68.3 Å². The molecule has 15 heteroatoms. The maximum atomic E-state index is 15.1. The first-order valence-corrected chi connectivity index (χ1v) is 18.2. The summed E-state index contributed by atoms with van der Waals surface area (Å²) >= 11 is 7.30. The van der Waals surface area contributed by atoms with Crippen LogP contribution >= 0.6 is 23.5 Å². The van der Waals surface area contributed by atoms with Crippen molar-refractivity contribution in [2.24, 2.45) is 11.8 Å². The number of hydrogen-bond donors (Lipinski definition) is 2. The van der Waals surface area contributed by atoms with Gasteiger partial charge < -0.3 is 19.7 Å². The van der Waals surface area contributed by atoms with E-state index in [4.69, 9.17) is 21.1 Å². The van der Waals surface area contributed by atoms with Gasteiger partial charge in [-0.2, -0.15) is 0 Å². The highest BCUT2D eigenvalue weighted by Gasteiger charge is 2.46. The lowest BCUT2D eigenvalue weighted by molar-refractivity contribution is -0.00996. The first kappa shape index (κ1) is 37.6. The molecule has 3 aromatic heterocycles. The Labute approximate surface area is 301 Å².